The molecule has 1 atom stereocenters. The van der Waals surface area contributed by atoms with Gasteiger partial charge in [0.2, 0.25) is 5.91 Å². The van der Waals surface area contributed by atoms with E-state index in [0.29, 0.717) is 0 Å². The van der Waals surface area contributed by atoms with Crippen LogP contribution in [0.4, 0.5) is 5.69 Å². The zero-order valence-corrected chi connectivity index (χ0v) is 8.21. The predicted octanol–water partition coefficient (Wildman–Crippen LogP) is 1.33. The second-order valence-electron chi connectivity index (χ2n) is 3.47. The molecule has 0 fully saturated rings. The van der Waals surface area contributed by atoms with Crippen molar-refractivity contribution >= 4 is 11.6 Å². The first-order chi connectivity index (χ1) is 6.83. The molecule has 2 rings (SSSR count). The average Bonchev–Trinajstić information content (AvgIpc) is 2.27. The number of likely N-dealkylation sites (N-methyl/N-ethyl adjacent to an activating group) is 1. The van der Waals surface area contributed by atoms with E-state index in [4.69, 9.17) is 0 Å². The molecule has 0 spiro atoms. The highest BCUT2D eigenvalue weighted by Crippen LogP contribution is 2.30. The fourth-order valence-corrected chi connectivity index (χ4v) is 1.92. The minimum atomic E-state index is 0.0115. The van der Waals surface area contributed by atoms with Crippen molar-refractivity contribution in [2.24, 2.45) is 0 Å². The van der Waals surface area contributed by atoms with Gasteiger partial charge >= 0.3 is 0 Å². The summed E-state index contributed by atoms with van der Waals surface area (Å²) in [5, 5.41) is 6.00. The summed E-state index contributed by atoms with van der Waals surface area (Å²) in [5.74, 6) is 0.122. The van der Waals surface area contributed by atoms with Crippen molar-refractivity contribution in [1.82, 2.24) is 5.32 Å². The lowest BCUT2D eigenvalue weighted by Crippen LogP contribution is -2.30. The highest BCUT2D eigenvalue weighted by atomic mass is 16.1. The first-order valence-electron chi connectivity index (χ1n) is 4.87. The topological polar surface area (TPSA) is 41.1 Å². The molecule has 3 nitrogen and oxygen atoms in total. The molecule has 1 aromatic carbocycles. The maximum atomic E-state index is 11.6. The Bertz CT molecular complexity index is 349. The molecule has 0 aromatic heterocycles. The molecule has 0 bridgehead atoms. The number of benzene rings is 1. The van der Waals surface area contributed by atoms with Gasteiger partial charge in [0, 0.05) is 19.3 Å². The molecule has 1 amide bonds. The lowest BCUT2D eigenvalue weighted by molar-refractivity contribution is -0.122. The molecule has 1 heterocycles. The Kier molecular flexibility index (Phi) is 2.39. The van der Waals surface area contributed by atoms with E-state index in [0.717, 1.165) is 24.2 Å². The summed E-state index contributed by atoms with van der Waals surface area (Å²) >= 11 is 0. The number of hydrogen-bond acceptors (Lipinski definition) is 2. The van der Waals surface area contributed by atoms with Crippen LogP contribution in [0.15, 0.2) is 24.3 Å². The normalized spacial score (nSPS) is 19.4. The molecule has 1 aliphatic heterocycles. The summed E-state index contributed by atoms with van der Waals surface area (Å²) in [6.45, 7) is 0.870. The van der Waals surface area contributed by atoms with Gasteiger partial charge in [-0.15, -0.1) is 0 Å². The van der Waals surface area contributed by atoms with Crippen LogP contribution in [0.3, 0.4) is 0 Å². The first-order valence-corrected chi connectivity index (χ1v) is 4.87. The van der Waals surface area contributed by atoms with Gasteiger partial charge in [0.1, 0.15) is 0 Å². The number of carbonyl (C=O) groups excluding carboxylic acids is 1. The van der Waals surface area contributed by atoms with Gasteiger partial charge in [-0.25, -0.2) is 0 Å². The van der Waals surface area contributed by atoms with Gasteiger partial charge in [0.25, 0.3) is 0 Å². The SMILES string of the molecule is CNC(=O)[C@H]1CCNc2ccccc21. The third-order valence-electron chi connectivity index (χ3n) is 2.65. The average molecular weight is 190 g/mol. The van der Waals surface area contributed by atoms with Crippen LogP contribution >= 0.6 is 0 Å². The second kappa shape index (κ2) is 3.70. The van der Waals surface area contributed by atoms with E-state index in [-0.39, 0.29) is 11.8 Å². The number of nitrogens with one attached hydrogen (secondary N) is 2. The fourth-order valence-electron chi connectivity index (χ4n) is 1.92. The van der Waals surface area contributed by atoms with E-state index in [1.54, 1.807) is 7.05 Å². The Hall–Kier alpha value is -1.51. The molecule has 74 valence electrons. The van der Waals surface area contributed by atoms with Gasteiger partial charge in [0.05, 0.1) is 5.92 Å². The van der Waals surface area contributed by atoms with E-state index >= 15 is 0 Å². The number of para-hydroxylation sites is 1. The quantitative estimate of drug-likeness (QED) is 0.701. The van der Waals surface area contributed by atoms with Crippen LogP contribution in [0.2, 0.25) is 0 Å². The molecular weight excluding hydrogens is 176 g/mol. The van der Waals surface area contributed by atoms with Crippen molar-refractivity contribution in [3.05, 3.63) is 29.8 Å². The fraction of sp³-hybridized carbons (Fsp3) is 0.364. The molecule has 2 N–H and O–H groups in total. The molecule has 1 aromatic rings. The zero-order valence-electron chi connectivity index (χ0n) is 8.21. The minimum Gasteiger partial charge on any atom is -0.385 e. The number of hydrogen-bond donors (Lipinski definition) is 2. The summed E-state index contributed by atoms with van der Waals surface area (Å²) in [6, 6.07) is 7.99. The molecule has 0 saturated carbocycles. The lowest BCUT2D eigenvalue weighted by atomic mass is 9.90. The smallest absolute Gasteiger partial charge is 0.227 e. The summed E-state index contributed by atoms with van der Waals surface area (Å²) in [4.78, 5) is 11.6. The number of fused-ring (bicyclic) bond motifs is 1. The van der Waals surface area contributed by atoms with Crippen LogP contribution in [0.5, 0.6) is 0 Å². The summed E-state index contributed by atoms with van der Waals surface area (Å²) in [7, 11) is 1.69. The van der Waals surface area contributed by atoms with Crippen LogP contribution < -0.4 is 10.6 Å². The predicted molar refractivity (Wildman–Crippen MR) is 56.4 cm³/mol. The van der Waals surface area contributed by atoms with Gasteiger partial charge in [0.15, 0.2) is 0 Å². The van der Waals surface area contributed by atoms with Crippen LogP contribution in [0.25, 0.3) is 0 Å². The van der Waals surface area contributed by atoms with Crippen molar-refractivity contribution in [3.63, 3.8) is 0 Å². The second-order valence-corrected chi connectivity index (χ2v) is 3.47. The van der Waals surface area contributed by atoms with Gasteiger partial charge in [-0.2, -0.15) is 0 Å². The molecule has 0 saturated heterocycles. The first kappa shape index (κ1) is 9.06. The van der Waals surface area contributed by atoms with Gasteiger partial charge in [-0.05, 0) is 18.1 Å². The number of carbonyl (C=O) groups is 1. The highest BCUT2D eigenvalue weighted by molar-refractivity contribution is 5.86. The standard InChI is InChI=1S/C11H14N2O/c1-12-11(14)9-6-7-13-10-5-3-2-4-8(9)10/h2-5,9,13H,6-7H2,1H3,(H,12,14)/t9-/m0/s1. The Labute approximate surface area is 83.5 Å². The third kappa shape index (κ3) is 1.45. The summed E-state index contributed by atoms with van der Waals surface area (Å²) < 4.78 is 0. The molecule has 1 aliphatic rings. The molecule has 0 radical (unpaired) electrons. The van der Waals surface area contributed by atoms with Crippen LogP contribution in [0, 0.1) is 0 Å². The Morgan fingerprint density at radius 1 is 1.50 bits per heavy atom. The minimum absolute atomic E-state index is 0.0115. The summed E-state index contributed by atoms with van der Waals surface area (Å²) in [5.41, 5.74) is 2.20. The lowest BCUT2D eigenvalue weighted by Gasteiger charge is -2.25. The largest absolute Gasteiger partial charge is 0.385 e. The Morgan fingerprint density at radius 3 is 3.07 bits per heavy atom. The molecule has 14 heavy (non-hydrogen) atoms. The number of anilines is 1. The van der Waals surface area contributed by atoms with Crippen LogP contribution in [-0.2, 0) is 4.79 Å². The van der Waals surface area contributed by atoms with E-state index in [1.165, 1.54) is 0 Å². The molecular formula is C11H14N2O. The van der Waals surface area contributed by atoms with E-state index in [9.17, 15) is 4.79 Å². The van der Waals surface area contributed by atoms with Gasteiger partial charge < -0.3 is 10.6 Å². The highest BCUT2D eigenvalue weighted by Gasteiger charge is 2.24. The van der Waals surface area contributed by atoms with Crippen molar-refractivity contribution in [1.29, 1.82) is 0 Å². The zero-order chi connectivity index (χ0) is 9.97. The Morgan fingerprint density at radius 2 is 2.29 bits per heavy atom. The van der Waals surface area contributed by atoms with Crippen molar-refractivity contribution in [2.45, 2.75) is 12.3 Å². The van der Waals surface area contributed by atoms with E-state index < -0.39 is 0 Å². The van der Waals surface area contributed by atoms with Crippen LogP contribution in [-0.4, -0.2) is 19.5 Å². The monoisotopic (exact) mass is 190 g/mol. The third-order valence-corrected chi connectivity index (χ3v) is 2.65. The maximum Gasteiger partial charge on any atom is 0.227 e. The molecule has 0 aliphatic carbocycles. The van der Waals surface area contributed by atoms with Crippen molar-refractivity contribution in [3.8, 4) is 0 Å². The maximum absolute atomic E-state index is 11.6. The van der Waals surface area contributed by atoms with Gasteiger partial charge in [-0.1, -0.05) is 18.2 Å². The molecule has 3 heteroatoms. The number of rotatable bonds is 1. The molecule has 0 unspecified atom stereocenters. The van der Waals surface area contributed by atoms with Crippen LogP contribution in [0.1, 0.15) is 17.9 Å². The Balaban J connectivity index is 2.35. The van der Waals surface area contributed by atoms with E-state index in [2.05, 4.69) is 10.6 Å². The summed E-state index contributed by atoms with van der Waals surface area (Å²) in [6.07, 6.45) is 0.872. The number of amides is 1. The van der Waals surface area contributed by atoms with E-state index in [1.807, 2.05) is 24.3 Å². The van der Waals surface area contributed by atoms with Crippen molar-refractivity contribution < 1.29 is 4.79 Å². The van der Waals surface area contributed by atoms with Crippen molar-refractivity contribution in [2.75, 3.05) is 18.9 Å². The van der Waals surface area contributed by atoms with Gasteiger partial charge in [-0.3, -0.25) is 4.79 Å².